The van der Waals surface area contributed by atoms with E-state index in [0.29, 0.717) is 5.75 Å². The zero-order valence-electron chi connectivity index (χ0n) is 9.82. The summed E-state index contributed by atoms with van der Waals surface area (Å²) < 4.78 is 0. The Morgan fingerprint density at radius 1 is 0.824 bits per heavy atom. The molecule has 1 heteroatoms. The molecule has 0 bridgehead atoms. The van der Waals surface area contributed by atoms with Crippen molar-refractivity contribution in [1.29, 1.82) is 0 Å². The van der Waals surface area contributed by atoms with Gasteiger partial charge in [-0.15, -0.1) is 0 Å². The van der Waals surface area contributed by atoms with Gasteiger partial charge in [-0.2, -0.15) is 0 Å². The molecule has 0 amide bonds. The summed E-state index contributed by atoms with van der Waals surface area (Å²) in [6.45, 7) is 0. The number of aryl methyl sites for hydroxylation is 1. The summed E-state index contributed by atoms with van der Waals surface area (Å²) in [6.07, 6.45) is 4.74. The normalized spacial score (nSPS) is 14.4. The molecular weight excluding hydrogens is 208 g/mol. The van der Waals surface area contributed by atoms with Gasteiger partial charge in [-0.3, -0.25) is 0 Å². The summed E-state index contributed by atoms with van der Waals surface area (Å²) in [7, 11) is 0. The van der Waals surface area contributed by atoms with Crippen molar-refractivity contribution in [1.82, 2.24) is 0 Å². The highest BCUT2D eigenvalue weighted by molar-refractivity contribution is 5.75. The van der Waals surface area contributed by atoms with Gasteiger partial charge < -0.3 is 5.11 Å². The minimum absolute atomic E-state index is 0.414. The van der Waals surface area contributed by atoms with Crippen molar-refractivity contribution in [2.24, 2.45) is 0 Å². The van der Waals surface area contributed by atoms with Crippen LogP contribution in [0.2, 0.25) is 0 Å². The fourth-order valence-corrected chi connectivity index (χ4v) is 2.74. The van der Waals surface area contributed by atoms with Crippen molar-refractivity contribution in [2.75, 3.05) is 0 Å². The maximum Gasteiger partial charge on any atom is 0.123 e. The summed E-state index contributed by atoms with van der Waals surface area (Å²) in [5.41, 5.74) is 4.93. The average molecular weight is 224 g/mol. The molecule has 0 atom stereocenters. The molecule has 0 aliphatic heterocycles. The topological polar surface area (TPSA) is 20.2 Å². The molecule has 17 heavy (non-hydrogen) atoms. The molecule has 2 aromatic carbocycles. The fourth-order valence-electron chi connectivity index (χ4n) is 2.74. The number of rotatable bonds is 1. The van der Waals surface area contributed by atoms with Crippen molar-refractivity contribution < 1.29 is 5.11 Å². The SMILES string of the molecule is Oc1ccc2c(c1-c1ccccc1)CCCC2. The van der Waals surface area contributed by atoms with Gasteiger partial charge in [0.1, 0.15) is 5.75 Å². The Morgan fingerprint density at radius 3 is 2.41 bits per heavy atom. The lowest BCUT2D eigenvalue weighted by Gasteiger charge is -2.20. The van der Waals surface area contributed by atoms with Crippen LogP contribution in [0.1, 0.15) is 24.0 Å². The molecule has 1 aliphatic rings. The van der Waals surface area contributed by atoms with Crippen LogP contribution in [0.25, 0.3) is 11.1 Å². The number of aromatic hydroxyl groups is 1. The summed E-state index contributed by atoms with van der Waals surface area (Å²) in [6, 6.07) is 14.1. The van der Waals surface area contributed by atoms with E-state index >= 15 is 0 Å². The van der Waals surface area contributed by atoms with Gasteiger partial charge in [-0.05, 0) is 48.4 Å². The number of fused-ring (bicyclic) bond motifs is 1. The number of hydrogen-bond acceptors (Lipinski definition) is 1. The fraction of sp³-hybridized carbons (Fsp3) is 0.250. The van der Waals surface area contributed by atoms with Crippen LogP contribution in [0.3, 0.4) is 0 Å². The first-order chi connectivity index (χ1) is 8.36. The van der Waals surface area contributed by atoms with Crippen LogP contribution in [0, 0.1) is 0 Å². The zero-order chi connectivity index (χ0) is 11.7. The first kappa shape index (κ1) is 10.4. The lowest BCUT2D eigenvalue weighted by atomic mass is 9.85. The highest BCUT2D eigenvalue weighted by Gasteiger charge is 2.17. The Hall–Kier alpha value is -1.76. The van der Waals surface area contributed by atoms with Gasteiger partial charge in [0.25, 0.3) is 0 Å². The molecule has 86 valence electrons. The van der Waals surface area contributed by atoms with E-state index in [1.807, 2.05) is 24.3 Å². The quantitative estimate of drug-likeness (QED) is 0.778. The van der Waals surface area contributed by atoms with Crippen molar-refractivity contribution >= 4 is 0 Å². The van der Waals surface area contributed by atoms with Crippen LogP contribution >= 0.6 is 0 Å². The Kier molecular flexibility index (Phi) is 2.60. The largest absolute Gasteiger partial charge is 0.507 e. The monoisotopic (exact) mass is 224 g/mol. The van der Waals surface area contributed by atoms with Crippen LogP contribution in [0.5, 0.6) is 5.75 Å². The molecule has 0 saturated heterocycles. The summed E-state index contributed by atoms with van der Waals surface area (Å²) in [5, 5.41) is 10.1. The van der Waals surface area contributed by atoms with Crippen molar-refractivity contribution in [3.05, 3.63) is 53.6 Å². The standard InChI is InChI=1S/C16H16O/c17-15-11-10-12-6-4-5-9-14(12)16(15)13-7-2-1-3-8-13/h1-3,7-8,10-11,17H,4-6,9H2. The van der Waals surface area contributed by atoms with E-state index in [-0.39, 0.29) is 0 Å². The van der Waals surface area contributed by atoms with E-state index in [2.05, 4.69) is 18.2 Å². The molecule has 0 radical (unpaired) electrons. The lowest BCUT2D eigenvalue weighted by molar-refractivity contribution is 0.475. The Bertz CT molecular complexity index is 529. The van der Waals surface area contributed by atoms with E-state index in [0.717, 1.165) is 24.0 Å². The summed E-state index contributed by atoms with van der Waals surface area (Å²) in [5.74, 6) is 0.414. The van der Waals surface area contributed by atoms with Crippen molar-refractivity contribution in [3.8, 4) is 16.9 Å². The van der Waals surface area contributed by atoms with E-state index < -0.39 is 0 Å². The Labute approximate surface area is 102 Å². The summed E-state index contributed by atoms with van der Waals surface area (Å²) in [4.78, 5) is 0. The molecule has 2 aromatic rings. The molecule has 0 saturated carbocycles. The minimum Gasteiger partial charge on any atom is -0.507 e. The Morgan fingerprint density at radius 2 is 1.59 bits per heavy atom. The number of phenolic OH excluding ortho intramolecular Hbond substituents is 1. The Balaban J connectivity index is 2.21. The molecule has 0 spiro atoms. The number of benzene rings is 2. The van der Waals surface area contributed by atoms with Gasteiger partial charge in [0.15, 0.2) is 0 Å². The molecule has 0 unspecified atom stereocenters. The molecule has 1 aliphatic carbocycles. The van der Waals surface area contributed by atoms with E-state index in [9.17, 15) is 5.11 Å². The third kappa shape index (κ3) is 1.82. The van der Waals surface area contributed by atoms with E-state index in [1.165, 1.54) is 24.0 Å². The third-order valence-electron chi connectivity index (χ3n) is 3.57. The van der Waals surface area contributed by atoms with Crippen LogP contribution in [-0.2, 0) is 12.8 Å². The van der Waals surface area contributed by atoms with E-state index in [4.69, 9.17) is 0 Å². The first-order valence-corrected chi connectivity index (χ1v) is 6.25. The van der Waals surface area contributed by atoms with Gasteiger partial charge in [-0.1, -0.05) is 36.4 Å². The van der Waals surface area contributed by atoms with Gasteiger partial charge >= 0.3 is 0 Å². The van der Waals surface area contributed by atoms with Crippen LogP contribution in [-0.4, -0.2) is 5.11 Å². The smallest absolute Gasteiger partial charge is 0.123 e. The van der Waals surface area contributed by atoms with Crippen molar-refractivity contribution in [3.63, 3.8) is 0 Å². The first-order valence-electron chi connectivity index (χ1n) is 6.25. The minimum atomic E-state index is 0.414. The van der Waals surface area contributed by atoms with Gasteiger partial charge in [0, 0.05) is 5.56 Å². The highest BCUT2D eigenvalue weighted by Crippen LogP contribution is 2.37. The van der Waals surface area contributed by atoms with Crippen LogP contribution in [0.15, 0.2) is 42.5 Å². The lowest BCUT2D eigenvalue weighted by Crippen LogP contribution is -2.04. The maximum atomic E-state index is 10.1. The van der Waals surface area contributed by atoms with Crippen LogP contribution < -0.4 is 0 Å². The second-order valence-electron chi connectivity index (χ2n) is 4.67. The molecule has 0 heterocycles. The molecule has 1 N–H and O–H groups in total. The molecular formula is C16H16O. The van der Waals surface area contributed by atoms with Gasteiger partial charge in [0.2, 0.25) is 0 Å². The number of hydrogen-bond donors (Lipinski definition) is 1. The van der Waals surface area contributed by atoms with E-state index in [1.54, 1.807) is 0 Å². The molecule has 3 rings (SSSR count). The second kappa shape index (κ2) is 4.25. The molecule has 1 nitrogen and oxygen atoms in total. The second-order valence-corrected chi connectivity index (χ2v) is 4.67. The third-order valence-corrected chi connectivity index (χ3v) is 3.57. The van der Waals surface area contributed by atoms with Gasteiger partial charge in [0.05, 0.1) is 0 Å². The predicted octanol–water partition coefficient (Wildman–Crippen LogP) is 3.94. The van der Waals surface area contributed by atoms with Crippen LogP contribution in [0.4, 0.5) is 0 Å². The highest BCUT2D eigenvalue weighted by atomic mass is 16.3. The summed E-state index contributed by atoms with van der Waals surface area (Å²) >= 11 is 0. The van der Waals surface area contributed by atoms with Gasteiger partial charge in [-0.25, -0.2) is 0 Å². The molecule has 0 fully saturated rings. The predicted molar refractivity (Wildman–Crippen MR) is 70.2 cm³/mol. The maximum absolute atomic E-state index is 10.1. The van der Waals surface area contributed by atoms with Crippen molar-refractivity contribution in [2.45, 2.75) is 25.7 Å². The molecule has 0 aromatic heterocycles. The average Bonchev–Trinajstić information content (AvgIpc) is 2.39. The number of phenols is 1. The zero-order valence-corrected chi connectivity index (χ0v) is 9.82.